The molecule has 0 saturated heterocycles. The van der Waals surface area contributed by atoms with Gasteiger partial charge in [-0.3, -0.25) is 5.32 Å². The molecule has 2 amide bonds. The number of carbonyl (C=O) groups is 1. The van der Waals surface area contributed by atoms with Gasteiger partial charge in [0.1, 0.15) is 12.2 Å². The summed E-state index contributed by atoms with van der Waals surface area (Å²) < 4.78 is 1.86. The summed E-state index contributed by atoms with van der Waals surface area (Å²) in [5, 5.41) is 10.8. The average molecular weight is 346 g/mol. The third-order valence-corrected chi connectivity index (χ3v) is 6.02. The van der Waals surface area contributed by atoms with Crippen molar-refractivity contribution in [3.05, 3.63) is 22.7 Å². The van der Waals surface area contributed by atoms with E-state index in [1.54, 1.807) is 17.7 Å². The minimum absolute atomic E-state index is 0.0817. The number of hydrogen-bond donors (Lipinski definition) is 2. The van der Waals surface area contributed by atoms with Gasteiger partial charge in [-0.1, -0.05) is 13.3 Å². The molecule has 0 bridgehead atoms. The zero-order valence-corrected chi connectivity index (χ0v) is 14.6. The number of urea groups is 1. The van der Waals surface area contributed by atoms with E-state index in [4.69, 9.17) is 0 Å². The van der Waals surface area contributed by atoms with Crippen LogP contribution in [0.25, 0.3) is 0 Å². The fraction of sp³-hybridized carbons (Fsp3) is 0.625. The Bertz CT molecular complexity index is 739. The molecule has 0 fully saturated rings. The lowest BCUT2D eigenvalue weighted by molar-refractivity contribution is 0.243. The molecule has 2 aromatic rings. The first-order chi connectivity index (χ1) is 11.7. The number of amides is 2. The van der Waals surface area contributed by atoms with Crippen molar-refractivity contribution in [3.63, 3.8) is 0 Å². The maximum absolute atomic E-state index is 12.3. The molecule has 2 aromatic heterocycles. The number of fused-ring (bicyclic) bond motifs is 2. The van der Waals surface area contributed by atoms with Gasteiger partial charge in [0, 0.05) is 11.3 Å². The summed E-state index contributed by atoms with van der Waals surface area (Å²) in [6.45, 7) is 2.92. The highest BCUT2D eigenvalue weighted by Gasteiger charge is 2.24. The van der Waals surface area contributed by atoms with Gasteiger partial charge in [-0.05, 0) is 31.6 Å². The quantitative estimate of drug-likeness (QED) is 0.894. The minimum atomic E-state index is -0.179. The zero-order chi connectivity index (χ0) is 16.5. The molecule has 2 N–H and O–H groups in total. The zero-order valence-electron chi connectivity index (χ0n) is 13.8. The molecule has 0 unspecified atom stereocenters. The van der Waals surface area contributed by atoms with Crippen LogP contribution in [-0.2, 0) is 25.8 Å². The van der Waals surface area contributed by atoms with E-state index in [2.05, 4.69) is 32.6 Å². The fourth-order valence-electron chi connectivity index (χ4n) is 3.52. The van der Waals surface area contributed by atoms with E-state index in [-0.39, 0.29) is 12.1 Å². The summed E-state index contributed by atoms with van der Waals surface area (Å²) >= 11 is 1.62. The highest BCUT2D eigenvalue weighted by Crippen LogP contribution is 2.33. The molecule has 3 heterocycles. The molecule has 0 radical (unpaired) electrons. The van der Waals surface area contributed by atoms with Gasteiger partial charge in [0.05, 0.1) is 18.3 Å². The van der Waals surface area contributed by atoms with Crippen LogP contribution in [0.4, 0.5) is 9.93 Å². The van der Waals surface area contributed by atoms with Crippen molar-refractivity contribution in [1.82, 2.24) is 25.1 Å². The molecule has 0 spiro atoms. The Kier molecular flexibility index (Phi) is 4.22. The van der Waals surface area contributed by atoms with Crippen molar-refractivity contribution in [2.24, 2.45) is 5.92 Å². The topological polar surface area (TPSA) is 84.7 Å². The van der Waals surface area contributed by atoms with Crippen LogP contribution in [0.15, 0.2) is 6.33 Å². The summed E-state index contributed by atoms with van der Waals surface area (Å²) in [5.41, 5.74) is 1.17. The molecule has 0 saturated carbocycles. The Hall–Kier alpha value is -1.96. The lowest BCUT2D eigenvalue weighted by Crippen LogP contribution is -2.43. The molecule has 24 heavy (non-hydrogen) atoms. The number of aromatic nitrogens is 4. The van der Waals surface area contributed by atoms with Gasteiger partial charge in [0.25, 0.3) is 0 Å². The number of nitrogens with one attached hydrogen (secondary N) is 2. The maximum atomic E-state index is 12.3. The number of hydrogen-bond acceptors (Lipinski definition) is 5. The third-order valence-electron chi connectivity index (χ3n) is 4.98. The van der Waals surface area contributed by atoms with Crippen LogP contribution in [0.3, 0.4) is 0 Å². The fourth-order valence-corrected chi connectivity index (χ4v) is 4.64. The van der Waals surface area contributed by atoms with E-state index >= 15 is 0 Å². The van der Waals surface area contributed by atoms with E-state index in [1.165, 1.54) is 23.4 Å². The van der Waals surface area contributed by atoms with E-state index in [0.29, 0.717) is 11.7 Å². The molecule has 2 atom stereocenters. The van der Waals surface area contributed by atoms with Crippen molar-refractivity contribution >= 4 is 22.5 Å². The predicted molar refractivity (Wildman–Crippen MR) is 92.2 cm³/mol. The van der Waals surface area contributed by atoms with E-state index in [9.17, 15) is 4.79 Å². The molecule has 1 aliphatic heterocycles. The molecule has 7 nitrogen and oxygen atoms in total. The van der Waals surface area contributed by atoms with Gasteiger partial charge >= 0.3 is 6.03 Å². The summed E-state index contributed by atoms with van der Waals surface area (Å²) in [5.74, 6) is 1.75. The van der Waals surface area contributed by atoms with E-state index in [1.807, 2.05) is 4.68 Å². The first kappa shape index (κ1) is 15.6. The predicted octanol–water partition coefficient (Wildman–Crippen LogP) is 2.39. The van der Waals surface area contributed by atoms with Gasteiger partial charge in [-0.25, -0.2) is 19.4 Å². The lowest BCUT2D eigenvalue weighted by atomic mass is 9.89. The number of carbonyl (C=O) groups excluding carboxylic acids is 1. The van der Waals surface area contributed by atoms with Crippen LogP contribution >= 0.6 is 11.3 Å². The Morgan fingerprint density at radius 1 is 1.42 bits per heavy atom. The normalized spacial score (nSPS) is 22.5. The molecule has 2 aliphatic rings. The highest BCUT2D eigenvalue weighted by atomic mass is 32.1. The molecular weight excluding hydrogens is 324 g/mol. The average Bonchev–Trinajstić information content (AvgIpc) is 3.19. The lowest BCUT2D eigenvalue weighted by Gasteiger charge is -2.23. The first-order valence-electron chi connectivity index (χ1n) is 8.64. The summed E-state index contributed by atoms with van der Waals surface area (Å²) in [7, 11) is 0. The van der Waals surface area contributed by atoms with Crippen LogP contribution in [-0.4, -0.2) is 31.8 Å². The summed E-state index contributed by atoms with van der Waals surface area (Å²) in [6, 6.07) is -0.0973. The smallest absolute Gasteiger partial charge is 0.321 e. The molecule has 1 aliphatic carbocycles. The first-order valence-corrected chi connectivity index (χ1v) is 9.45. The van der Waals surface area contributed by atoms with Crippen LogP contribution in [0.2, 0.25) is 0 Å². The number of rotatable bonds is 3. The van der Waals surface area contributed by atoms with Crippen molar-refractivity contribution in [2.45, 2.75) is 58.0 Å². The van der Waals surface area contributed by atoms with Crippen molar-refractivity contribution < 1.29 is 4.79 Å². The van der Waals surface area contributed by atoms with Crippen molar-refractivity contribution in [2.75, 3.05) is 5.32 Å². The second-order valence-electron chi connectivity index (χ2n) is 6.60. The maximum Gasteiger partial charge on any atom is 0.321 e. The molecular formula is C16H22N6OS. The Balaban J connectivity index is 1.35. The van der Waals surface area contributed by atoms with E-state index in [0.717, 1.165) is 37.4 Å². The third kappa shape index (κ3) is 3.15. The van der Waals surface area contributed by atoms with Gasteiger partial charge in [-0.15, -0.1) is 11.3 Å². The van der Waals surface area contributed by atoms with Crippen LogP contribution in [0, 0.1) is 5.92 Å². The largest absolute Gasteiger partial charge is 0.333 e. The number of nitrogens with zero attached hydrogens (tertiary/aromatic N) is 4. The molecule has 0 aromatic carbocycles. The number of aryl methyl sites for hydroxylation is 2. The molecule has 128 valence electrons. The Morgan fingerprint density at radius 2 is 2.33 bits per heavy atom. The standard InChI is InChI=1S/C16H22N6OS/c1-2-10-3-5-12-13(7-10)24-16(20-12)21-15(23)19-11-4-6-14-17-9-18-22(14)8-11/h9-11H,2-8H2,1H3,(H2,19,20,21,23)/t10-,11+/m1/s1. The van der Waals surface area contributed by atoms with Crippen LogP contribution in [0.5, 0.6) is 0 Å². The SMILES string of the molecule is CC[C@@H]1CCc2nc(NC(=O)N[C@H]3CCc4ncnn4C3)sc2C1. The second-order valence-corrected chi connectivity index (χ2v) is 7.68. The van der Waals surface area contributed by atoms with E-state index < -0.39 is 0 Å². The van der Waals surface area contributed by atoms with Gasteiger partial charge in [-0.2, -0.15) is 5.10 Å². The molecule has 4 rings (SSSR count). The second kappa shape index (κ2) is 6.51. The van der Waals surface area contributed by atoms with Crippen molar-refractivity contribution in [3.8, 4) is 0 Å². The van der Waals surface area contributed by atoms with Gasteiger partial charge in [0.15, 0.2) is 5.13 Å². The minimum Gasteiger partial charge on any atom is -0.333 e. The van der Waals surface area contributed by atoms with Crippen LogP contribution in [0.1, 0.15) is 42.6 Å². The monoisotopic (exact) mass is 346 g/mol. The highest BCUT2D eigenvalue weighted by molar-refractivity contribution is 7.15. The Morgan fingerprint density at radius 3 is 3.21 bits per heavy atom. The number of anilines is 1. The van der Waals surface area contributed by atoms with Gasteiger partial charge in [0.2, 0.25) is 0 Å². The van der Waals surface area contributed by atoms with Crippen LogP contribution < -0.4 is 10.6 Å². The number of thiazole rings is 1. The van der Waals surface area contributed by atoms with Gasteiger partial charge < -0.3 is 5.32 Å². The van der Waals surface area contributed by atoms with Crippen molar-refractivity contribution in [1.29, 1.82) is 0 Å². The summed E-state index contributed by atoms with van der Waals surface area (Å²) in [6.07, 6.45) is 7.86. The molecule has 8 heteroatoms. The Labute approximate surface area is 144 Å². The summed E-state index contributed by atoms with van der Waals surface area (Å²) in [4.78, 5) is 22.4.